The Hall–Kier alpha value is -3.92. The van der Waals surface area contributed by atoms with Crippen molar-refractivity contribution in [1.82, 2.24) is 4.98 Å². The molecule has 4 heteroatoms. The number of allylic oxidation sites excluding steroid dienone is 2. The van der Waals surface area contributed by atoms with Crippen LogP contribution in [0.15, 0.2) is 95.4 Å². The highest BCUT2D eigenvalue weighted by atomic mass is 16.4. The zero-order valence-corrected chi connectivity index (χ0v) is 18.3. The third-order valence-electron chi connectivity index (χ3n) is 6.20. The van der Waals surface area contributed by atoms with Gasteiger partial charge in [-0.2, -0.15) is 0 Å². The van der Waals surface area contributed by atoms with Gasteiger partial charge >= 0.3 is 5.97 Å². The number of benzene rings is 3. The second-order valence-corrected chi connectivity index (χ2v) is 8.42. The lowest BCUT2D eigenvalue weighted by atomic mass is 9.83. The summed E-state index contributed by atoms with van der Waals surface area (Å²) < 4.78 is 6.46. The van der Waals surface area contributed by atoms with E-state index in [2.05, 4.69) is 18.2 Å². The summed E-state index contributed by atoms with van der Waals surface area (Å²) in [5, 5.41) is 9.17. The molecule has 0 fully saturated rings. The van der Waals surface area contributed by atoms with Crippen LogP contribution in [0.5, 0.6) is 0 Å². The van der Waals surface area contributed by atoms with Gasteiger partial charge in [0.15, 0.2) is 5.76 Å². The van der Waals surface area contributed by atoms with Crippen LogP contribution in [0, 0.1) is 5.92 Å². The molecule has 33 heavy (non-hydrogen) atoms. The highest BCUT2D eigenvalue weighted by Crippen LogP contribution is 2.39. The van der Waals surface area contributed by atoms with Crippen molar-refractivity contribution in [2.45, 2.75) is 25.7 Å². The molecule has 1 unspecified atom stereocenters. The summed E-state index contributed by atoms with van der Waals surface area (Å²) >= 11 is 0. The average molecular weight is 436 g/mol. The van der Waals surface area contributed by atoms with Gasteiger partial charge in [-0.3, -0.25) is 0 Å². The lowest BCUT2D eigenvalue weighted by molar-refractivity contribution is 0.0697. The third-order valence-corrected chi connectivity index (χ3v) is 6.20. The van der Waals surface area contributed by atoms with Gasteiger partial charge in [-0.15, -0.1) is 0 Å². The second-order valence-electron chi connectivity index (χ2n) is 8.42. The molecule has 0 amide bonds. The first kappa shape index (κ1) is 21.0. The lowest BCUT2D eigenvalue weighted by Crippen LogP contribution is -2.11. The Morgan fingerprint density at radius 3 is 2.24 bits per heavy atom. The van der Waals surface area contributed by atoms with E-state index in [0.29, 0.717) is 11.5 Å². The summed E-state index contributed by atoms with van der Waals surface area (Å²) in [6.45, 7) is 0. The predicted octanol–water partition coefficient (Wildman–Crippen LogP) is 7.13. The van der Waals surface area contributed by atoms with Crippen molar-refractivity contribution in [1.29, 1.82) is 0 Å². The number of carbonyl (C=O) groups is 1. The number of hydrogen-bond acceptors (Lipinski definition) is 3. The molecule has 1 heterocycles. The van der Waals surface area contributed by atoms with E-state index in [1.165, 1.54) is 0 Å². The Morgan fingerprint density at radius 1 is 0.909 bits per heavy atom. The zero-order chi connectivity index (χ0) is 22.6. The largest absolute Gasteiger partial charge is 0.478 e. The summed E-state index contributed by atoms with van der Waals surface area (Å²) in [5.41, 5.74) is 5.47. The van der Waals surface area contributed by atoms with Gasteiger partial charge in [0.25, 0.3) is 0 Å². The fraction of sp³-hybridized carbons (Fsp3) is 0.172. The molecule has 0 saturated heterocycles. The molecule has 0 aliphatic heterocycles. The molecular formula is C29H25NO3. The van der Waals surface area contributed by atoms with Crippen LogP contribution in [0.3, 0.4) is 0 Å². The number of carboxylic acids is 1. The molecule has 164 valence electrons. The molecule has 1 aromatic heterocycles. The van der Waals surface area contributed by atoms with Crippen LogP contribution in [-0.4, -0.2) is 16.1 Å². The molecule has 1 N–H and O–H groups in total. The maximum absolute atomic E-state index is 11.2. The lowest BCUT2D eigenvalue weighted by Gasteiger charge is -2.22. The molecule has 0 radical (unpaired) electrons. The smallest absolute Gasteiger partial charge is 0.335 e. The van der Waals surface area contributed by atoms with Gasteiger partial charge in [0.1, 0.15) is 5.69 Å². The van der Waals surface area contributed by atoms with Crippen molar-refractivity contribution in [3.8, 4) is 22.6 Å². The van der Waals surface area contributed by atoms with Crippen molar-refractivity contribution < 1.29 is 14.3 Å². The summed E-state index contributed by atoms with van der Waals surface area (Å²) in [7, 11) is 0. The van der Waals surface area contributed by atoms with Crippen LogP contribution in [0.2, 0.25) is 0 Å². The minimum absolute atomic E-state index is 0.278. The normalized spacial score (nSPS) is 15.8. The Balaban J connectivity index is 1.51. The van der Waals surface area contributed by atoms with E-state index in [-0.39, 0.29) is 5.92 Å². The molecule has 0 saturated carbocycles. The van der Waals surface area contributed by atoms with Crippen molar-refractivity contribution in [2.24, 2.45) is 5.92 Å². The van der Waals surface area contributed by atoms with Gasteiger partial charge in [0, 0.05) is 16.7 Å². The molecule has 0 spiro atoms. The fourth-order valence-corrected chi connectivity index (χ4v) is 4.51. The first-order chi connectivity index (χ1) is 16.2. The molecule has 5 rings (SSSR count). The van der Waals surface area contributed by atoms with Gasteiger partial charge < -0.3 is 9.52 Å². The van der Waals surface area contributed by atoms with Crippen molar-refractivity contribution in [3.05, 3.63) is 108 Å². The summed E-state index contributed by atoms with van der Waals surface area (Å²) in [6.07, 6.45) is 6.27. The highest BCUT2D eigenvalue weighted by molar-refractivity contribution is 5.87. The number of rotatable bonds is 6. The number of aromatic nitrogens is 1. The van der Waals surface area contributed by atoms with E-state index in [4.69, 9.17) is 9.40 Å². The molecule has 3 aromatic carbocycles. The van der Waals surface area contributed by atoms with Crippen LogP contribution >= 0.6 is 0 Å². The van der Waals surface area contributed by atoms with E-state index in [0.717, 1.165) is 59.4 Å². The van der Waals surface area contributed by atoms with E-state index in [9.17, 15) is 9.90 Å². The first-order valence-electron chi connectivity index (χ1n) is 11.3. The standard InChI is InChI=1S/C29H25NO3/c31-29(32)23-17-15-20(16-18-23)19-24-13-7-8-14-25(24)28-30-26(21-9-3-1-4-10-21)27(33-28)22-11-5-2-6-12-22/h1-6,9-12,14-18,24H,7-8,13,19H2,(H,31,32). The Bertz CT molecular complexity index is 1210. The van der Waals surface area contributed by atoms with E-state index in [1.807, 2.05) is 60.7 Å². The highest BCUT2D eigenvalue weighted by Gasteiger charge is 2.26. The van der Waals surface area contributed by atoms with Crippen LogP contribution in [0.1, 0.15) is 41.1 Å². The molecular weight excluding hydrogens is 410 g/mol. The van der Waals surface area contributed by atoms with Gasteiger partial charge in [0.05, 0.1) is 5.56 Å². The third kappa shape index (κ3) is 4.51. The number of hydrogen-bond donors (Lipinski definition) is 1. The zero-order valence-electron chi connectivity index (χ0n) is 18.3. The van der Waals surface area contributed by atoms with Crippen molar-refractivity contribution in [2.75, 3.05) is 0 Å². The fourth-order valence-electron chi connectivity index (χ4n) is 4.51. The number of aromatic carboxylic acids is 1. The molecule has 1 aliphatic rings. The van der Waals surface area contributed by atoms with Crippen LogP contribution in [-0.2, 0) is 6.42 Å². The van der Waals surface area contributed by atoms with Gasteiger partial charge in [0.2, 0.25) is 5.89 Å². The quantitative estimate of drug-likeness (QED) is 0.350. The summed E-state index contributed by atoms with van der Waals surface area (Å²) in [6, 6.07) is 27.4. The molecule has 4 nitrogen and oxygen atoms in total. The van der Waals surface area contributed by atoms with Gasteiger partial charge in [-0.05, 0) is 49.3 Å². The minimum Gasteiger partial charge on any atom is -0.478 e. The summed E-state index contributed by atoms with van der Waals surface area (Å²) in [5.74, 6) is 0.842. The van der Waals surface area contributed by atoms with Crippen molar-refractivity contribution >= 4 is 11.5 Å². The topological polar surface area (TPSA) is 63.3 Å². The monoisotopic (exact) mass is 435 g/mol. The van der Waals surface area contributed by atoms with Crippen molar-refractivity contribution in [3.63, 3.8) is 0 Å². The number of carboxylic acid groups (broad SMARTS) is 1. The second kappa shape index (κ2) is 9.29. The average Bonchev–Trinajstić information content (AvgIpc) is 3.31. The Labute approximate surface area is 193 Å². The summed E-state index contributed by atoms with van der Waals surface area (Å²) in [4.78, 5) is 16.2. The maximum atomic E-state index is 11.2. The predicted molar refractivity (Wildman–Crippen MR) is 130 cm³/mol. The van der Waals surface area contributed by atoms with Gasteiger partial charge in [-0.25, -0.2) is 9.78 Å². The van der Waals surface area contributed by atoms with Crippen LogP contribution in [0.4, 0.5) is 0 Å². The Morgan fingerprint density at radius 2 is 1.58 bits per heavy atom. The molecule has 4 aromatic rings. The number of oxazole rings is 1. The molecule has 1 aliphatic carbocycles. The van der Waals surface area contributed by atoms with E-state index >= 15 is 0 Å². The maximum Gasteiger partial charge on any atom is 0.335 e. The number of nitrogens with zero attached hydrogens (tertiary/aromatic N) is 1. The molecule has 1 atom stereocenters. The first-order valence-corrected chi connectivity index (χ1v) is 11.3. The SMILES string of the molecule is O=C(O)c1ccc(CC2CCCC=C2c2nc(-c3ccccc3)c(-c3ccccc3)o2)cc1. The van der Waals surface area contributed by atoms with E-state index in [1.54, 1.807) is 12.1 Å². The Kier molecular flexibility index (Phi) is 5.90. The van der Waals surface area contributed by atoms with Crippen LogP contribution in [0.25, 0.3) is 28.2 Å². The van der Waals surface area contributed by atoms with Crippen LogP contribution < -0.4 is 0 Å². The van der Waals surface area contributed by atoms with Gasteiger partial charge in [-0.1, -0.05) is 78.9 Å². The molecule has 0 bridgehead atoms. The minimum atomic E-state index is -0.901. The van der Waals surface area contributed by atoms with E-state index < -0.39 is 5.97 Å².